The highest BCUT2D eigenvalue weighted by Crippen LogP contribution is 2.39. The number of hydrogen-bond donors (Lipinski definition) is 3. The summed E-state index contributed by atoms with van der Waals surface area (Å²) in [6, 6.07) is 5.57. The summed E-state index contributed by atoms with van der Waals surface area (Å²) in [4.78, 5) is 4.33. The van der Waals surface area contributed by atoms with Gasteiger partial charge in [0.15, 0.2) is 0 Å². The minimum atomic E-state index is -0.705. The van der Waals surface area contributed by atoms with Gasteiger partial charge in [-0.05, 0) is 62.4 Å². The van der Waals surface area contributed by atoms with Crippen molar-refractivity contribution < 1.29 is 14.9 Å². The first-order valence-electron chi connectivity index (χ1n) is 8.70. The van der Waals surface area contributed by atoms with Gasteiger partial charge in [-0.25, -0.2) is 0 Å². The highest BCUT2D eigenvalue weighted by atomic mass is 35.5. The van der Waals surface area contributed by atoms with Crippen LogP contribution in [0.3, 0.4) is 0 Å². The third kappa shape index (κ3) is 4.41. The Bertz CT molecular complexity index is 736. The number of pyridine rings is 1. The van der Waals surface area contributed by atoms with Crippen molar-refractivity contribution in [1.29, 1.82) is 0 Å². The second-order valence-corrected chi connectivity index (χ2v) is 7.27. The zero-order valence-corrected chi connectivity index (χ0v) is 16.4. The van der Waals surface area contributed by atoms with Gasteiger partial charge in [-0.3, -0.25) is 4.98 Å². The number of aromatic nitrogens is 1. The zero-order chi connectivity index (χ0) is 17.9. The molecule has 5 nitrogen and oxygen atoms in total. The van der Waals surface area contributed by atoms with Crippen LogP contribution in [0.4, 0.5) is 0 Å². The summed E-state index contributed by atoms with van der Waals surface area (Å²) < 4.78 is 5.29. The molecule has 1 aromatic heterocycles. The number of halogens is 2. The SMILES string of the molecule is COc1ccc2ncc(Cl)c(C(O)CCC3(CO)CCNCC3)c2c1.Cl. The van der Waals surface area contributed by atoms with Gasteiger partial charge in [-0.2, -0.15) is 0 Å². The minimum Gasteiger partial charge on any atom is -0.497 e. The molecule has 0 saturated carbocycles. The zero-order valence-electron chi connectivity index (χ0n) is 14.9. The van der Waals surface area contributed by atoms with Crippen molar-refractivity contribution in [3.8, 4) is 5.75 Å². The van der Waals surface area contributed by atoms with Crippen LogP contribution in [-0.2, 0) is 0 Å². The number of aliphatic hydroxyl groups excluding tert-OH is 2. The van der Waals surface area contributed by atoms with E-state index in [1.807, 2.05) is 18.2 Å². The smallest absolute Gasteiger partial charge is 0.119 e. The summed E-state index contributed by atoms with van der Waals surface area (Å²) in [5.41, 5.74) is 1.35. The highest BCUT2D eigenvalue weighted by Gasteiger charge is 2.32. The molecule has 3 N–H and O–H groups in total. The quantitative estimate of drug-likeness (QED) is 0.691. The molecule has 144 valence electrons. The Morgan fingerprint density at radius 2 is 2.08 bits per heavy atom. The molecule has 26 heavy (non-hydrogen) atoms. The van der Waals surface area contributed by atoms with Crippen molar-refractivity contribution in [2.75, 3.05) is 26.8 Å². The Morgan fingerprint density at radius 3 is 2.73 bits per heavy atom. The predicted molar refractivity (Wildman–Crippen MR) is 106 cm³/mol. The Hall–Kier alpha value is -1.11. The lowest BCUT2D eigenvalue weighted by atomic mass is 9.75. The van der Waals surface area contributed by atoms with Crippen LogP contribution >= 0.6 is 24.0 Å². The van der Waals surface area contributed by atoms with Crippen LogP contribution in [0.2, 0.25) is 5.02 Å². The number of rotatable bonds is 6. The van der Waals surface area contributed by atoms with Gasteiger partial charge in [0.25, 0.3) is 0 Å². The molecular weight excluding hydrogens is 375 g/mol. The third-order valence-electron chi connectivity index (χ3n) is 5.35. The summed E-state index contributed by atoms with van der Waals surface area (Å²) >= 11 is 6.36. The van der Waals surface area contributed by atoms with Gasteiger partial charge in [0.2, 0.25) is 0 Å². The average molecular weight is 401 g/mol. The molecule has 3 rings (SSSR count). The first kappa shape index (κ1) is 21.2. The van der Waals surface area contributed by atoms with E-state index in [9.17, 15) is 10.2 Å². The molecule has 0 radical (unpaired) electrons. The Balaban J connectivity index is 0.00000243. The predicted octanol–water partition coefficient (Wildman–Crippen LogP) is 3.49. The van der Waals surface area contributed by atoms with E-state index >= 15 is 0 Å². The largest absolute Gasteiger partial charge is 0.497 e. The first-order valence-corrected chi connectivity index (χ1v) is 9.08. The molecule has 2 aromatic rings. The number of hydrogen-bond acceptors (Lipinski definition) is 5. The van der Waals surface area contributed by atoms with E-state index in [1.54, 1.807) is 13.3 Å². The van der Waals surface area contributed by atoms with E-state index in [2.05, 4.69) is 10.3 Å². The molecule has 1 atom stereocenters. The van der Waals surface area contributed by atoms with Crippen LogP contribution in [0, 0.1) is 5.41 Å². The molecule has 1 aromatic carbocycles. The summed E-state index contributed by atoms with van der Waals surface area (Å²) in [5, 5.41) is 25.3. The van der Waals surface area contributed by atoms with Gasteiger partial charge in [0.05, 0.1) is 23.8 Å². The first-order chi connectivity index (χ1) is 12.1. The maximum atomic E-state index is 10.9. The topological polar surface area (TPSA) is 74.6 Å². The minimum absolute atomic E-state index is 0. The van der Waals surface area contributed by atoms with E-state index in [0.717, 1.165) is 43.3 Å². The molecule has 1 aliphatic rings. The summed E-state index contributed by atoms with van der Waals surface area (Å²) in [6.45, 7) is 1.97. The number of methoxy groups -OCH3 is 1. The van der Waals surface area contributed by atoms with Crippen molar-refractivity contribution in [1.82, 2.24) is 10.3 Å². The molecule has 1 unspecified atom stereocenters. The molecule has 1 saturated heterocycles. The molecule has 1 aliphatic heterocycles. The van der Waals surface area contributed by atoms with E-state index in [1.165, 1.54) is 0 Å². The maximum Gasteiger partial charge on any atom is 0.119 e. The van der Waals surface area contributed by atoms with Gasteiger partial charge >= 0.3 is 0 Å². The van der Waals surface area contributed by atoms with Crippen molar-refractivity contribution in [2.45, 2.75) is 31.8 Å². The standard InChI is InChI=1S/C19H25ClN2O3.ClH/c1-25-13-2-3-16-14(10-13)18(15(20)11-22-16)17(24)4-5-19(12-23)6-8-21-9-7-19;/h2-3,10-11,17,21,23-24H,4-9,12H2,1H3;1H. The van der Waals surface area contributed by atoms with Crippen molar-refractivity contribution in [3.63, 3.8) is 0 Å². The monoisotopic (exact) mass is 400 g/mol. The van der Waals surface area contributed by atoms with Gasteiger partial charge in [-0.1, -0.05) is 11.6 Å². The second kappa shape index (κ2) is 9.20. The lowest BCUT2D eigenvalue weighted by Gasteiger charge is -2.36. The number of aliphatic hydroxyl groups is 2. The molecule has 0 amide bonds. The van der Waals surface area contributed by atoms with Crippen LogP contribution in [0.5, 0.6) is 5.75 Å². The van der Waals surface area contributed by atoms with Crippen LogP contribution < -0.4 is 10.1 Å². The summed E-state index contributed by atoms with van der Waals surface area (Å²) in [6.07, 6.45) is 4.04. The molecule has 2 heterocycles. The maximum absolute atomic E-state index is 10.9. The molecule has 0 spiro atoms. The Morgan fingerprint density at radius 1 is 1.35 bits per heavy atom. The van der Waals surface area contributed by atoms with Gasteiger partial charge in [0.1, 0.15) is 5.75 Å². The fourth-order valence-electron chi connectivity index (χ4n) is 3.67. The molecular formula is C19H26Cl2N2O3. The van der Waals surface area contributed by atoms with Gasteiger partial charge in [0, 0.05) is 23.8 Å². The summed E-state index contributed by atoms with van der Waals surface area (Å²) in [7, 11) is 1.61. The normalized spacial score (nSPS) is 17.5. The average Bonchev–Trinajstić information content (AvgIpc) is 2.66. The second-order valence-electron chi connectivity index (χ2n) is 6.87. The molecule has 1 fully saturated rings. The third-order valence-corrected chi connectivity index (χ3v) is 5.65. The lowest BCUT2D eigenvalue weighted by molar-refractivity contribution is 0.0581. The number of benzene rings is 1. The fraction of sp³-hybridized carbons (Fsp3) is 0.526. The van der Waals surface area contributed by atoms with Crippen LogP contribution in [0.15, 0.2) is 24.4 Å². The van der Waals surface area contributed by atoms with E-state index in [0.29, 0.717) is 22.8 Å². The van der Waals surface area contributed by atoms with Crippen LogP contribution in [0.1, 0.15) is 37.4 Å². The lowest BCUT2D eigenvalue weighted by Crippen LogP contribution is -2.39. The van der Waals surface area contributed by atoms with Gasteiger partial charge < -0.3 is 20.3 Å². The Kier molecular flexibility index (Phi) is 7.50. The van der Waals surface area contributed by atoms with Crippen LogP contribution in [0.25, 0.3) is 10.9 Å². The molecule has 0 aliphatic carbocycles. The molecule has 7 heteroatoms. The Labute approximate surface area is 165 Å². The highest BCUT2D eigenvalue weighted by molar-refractivity contribution is 6.32. The number of fused-ring (bicyclic) bond motifs is 1. The van der Waals surface area contributed by atoms with E-state index < -0.39 is 6.10 Å². The van der Waals surface area contributed by atoms with Crippen molar-refractivity contribution in [3.05, 3.63) is 35.0 Å². The van der Waals surface area contributed by atoms with Crippen molar-refractivity contribution >= 4 is 34.9 Å². The number of ether oxygens (including phenoxy) is 1. The summed E-state index contributed by atoms with van der Waals surface area (Å²) in [5.74, 6) is 0.704. The van der Waals surface area contributed by atoms with Crippen molar-refractivity contribution in [2.24, 2.45) is 5.41 Å². The number of piperidine rings is 1. The number of nitrogens with one attached hydrogen (secondary N) is 1. The van der Waals surface area contributed by atoms with Crippen LogP contribution in [-0.4, -0.2) is 42.0 Å². The van der Waals surface area contributed by atoms with E-state index in [4.69, 9.17) is 16.3 Å². The fourth-order valence-corrected chi connectivity index (χ4v) is 3.94. The number of nitrogens with zero attached hydrogens (tertiary/aromatic N) is 1. The van der Waals surface area contributed by atoms with Gasteiger partial charge in [-0.15, -0.1) is 12.4 Å². The molecule has 0 bridgehead atoms. The van der Waals surface area contributed by atoms with E-state index in [-0.39, 0.29) is 24.4 Å².